The molecule has 0 bridgehead atoms. The van der Waals surface area contributed by atoms with Gasteiger partial charge in [-0.15, -0.1) is 0 Å². The standard InChI is InChI=1S/C5H11As/c1-2-3-4-5-6/h4-5H,2-3,6H2,1H3. The summed E-state index contributed by atoms with van der Waals surface area (Å²) < 4.78 is 0. The zero-order valence-corrected chi connectivity index (χ0v) is 6.57. The van der Waals surface area contributed by atoms with Crippen molar-refractivity contribution in [2.24, 2.45) is 0 Å². The molecule has 0 saturated heterocycles. The molecule has 0 nitrogen and oxygen atoms in total. The zero-order chi connectivity index (χ0) is 4.83. The van der Waals surface area contributed by atoms with E-state index in [1.165, 1.54) is 12.8 Å². The summed E-state index contributed by atoms with van der Waals surface area (Å²) in [5.74, 6) is 0. The molecule has 0 heterocycles. The van der Waals surface area contributed by atoms with Gasteiger partial charge in [0.25, 0.3) is 0 Å². The molecule has 36 valence electrons. The van der Waals surface area contributed by atoms with Gasteiger partial charge in [0, 0.05) is 0 Å². The molecule has 0 radical (unpaired) electrons. The van der Waals surface area contributed by atoms with Crippen LogP contribution in [0.5, 0.6) is 0 Å². The minimum absolute atomic E-state index is 1.25. The van der Waals surface area contributed by atoms with Crippen LogP contribution in [0.25, 0.3) is 0 Å². The van der Waals surface area contributed by atoms with Crippen molar-refractivity contribution in [3.63, 3.8) is 0 Å². The number of allylic oxidation sites excluding steroid dienone is 1. The van der Waals surface area contributed by atoms with Crippen molar-refractivity contribution in [2.75, 3.05) is 0 Å². The van der Waals surface area contributed by atoms with E-state index < -0.39 is 0 Å². The molecule has 0 fully saturated rings. The fourth-order valence-corrected chi connectivity index (χ4v) is 0.667. The molecule has 0 saturated carbocycles. The molecule has 0 aliphatic heterocycles. The molecule has 0 aliphatic carbocycles. The Morgan fingerprint density at radius 1 is 1.67 bits per heavy atom. The molecular formula is C5H11As. The molecule has 0 N–H and O–H groups in total. The van der Waals surface area contributed by atoms with E-state index in [0.29, 0.717) is 0 Å². The van der Waals surface area contributed by atoms with Crippen LogP contribution in [0.1, 0.15) is 19.8 Å². The average molecular weight is 146 g/mol. The van der Waals surface area contributed by atoms with E-state index in [1.807, 2.05) is 0 Å². The van der Waals surface area contributed by atoms with Crippen LogP contribution >= 0.6 is 0 Å². The normalized spacial score (nSPS) is 10.3. The molecule has 0 amide bonds. The van der Waals surface area contributed by atoms with Gasteiger partial charge < -0.3 is 0 Å². The van der Waals surface area contributed by atoms with Crippen LogP contribution in [0.2, 0.25) is 0 Å². The van der Waals surface area contributed by atoms with Gasteiger partial charge in [-0.25, -0.2) is 0 Å². The van der Waals surface area contributed by atoms with Crippen molar-refractivity contribution >= 4 is 16.9 Å². The second kappa shape index (κ2) is 5.30. The molecule has 0 aromatic carbocycles. The molecule has 6 heavy (non-hydrogen) atoms. The van der Waals surface area contributed by atoms with Gasteiger partial charge in [-0.05, 0) is 0 Å². The van der Waals surface area contributed by atoms with Gasteiger partial charge in [0.1, 0.15) is 0 Å². The maximum absolute atomic E-state index is 2.21. The maximum atomic E-state index is 2.21. The fraction of sp³-hybridized carbons (Fsp3) is 0.600. The number of unbranched alkanes of at least 4 members (excludes halogenated alkanes) is 1. The second-order valence-corrected chi connectivity index (χ2v) is 2.02. The molecule has 0 aromatic rings. The first-order valence-electron chi connectivity index (χ1n) is 2.28. The van der Waals surface area contributed by atoms with Gasteiger partial charge in [-0.3, -0.25) is 0 Å². The van der Waals surface area contributed by atoms with E-state index in [-0.39, 0.29) is 0 Å². The Balaban J connectivity index is 2.66. The Kier molecular flexibility index (Phi) is 5.56. The SMILES string of the molecule is CCCC=C[AsH2]. The van der Waals surface area contributed by atoms with E-state index in [1.54, 1.807) is 16.9 Å². The molecule has 0 spiro atoms. The van der Waals surface area contributed by atoms with E-state index in [2.05, 4.69) is 17.9 Å². The summed E-state index contributed by atoms with van der Waals surface area (Å²) in [5, 5.41) is 0. The molecule has 1 unspecified atom stereocenters. The van der Waals surface area contributed by atoms with Crippen molar-refractivity contribution in [1.29, 1.82) is 0 Å². The van der Waals surface area contributed by atoms with Crippen molar-refractivity contribution in [1.82, 2.24) is 0 Å². The summed E-state index contributed by atoms with van der Waals surface area (Å²) in [6, 6.07) is 0. The quantitative estimate of drug-likeness (QED) is 0.508. The number of hydrogen-bond acceptors (Lipinski definition) is 0. The van der Waals surface area contributed by atoms with Crippen LogP contribution in [0.3, 0.4) is 0 Å². The van der Waals surface area contributed by atoms with Gasteiger partial charge in [0.2, 0.25) is 0 Å². The summed E-state index contributed by atoms with van der Waals surface area (Å²) in [4.78, 5) is 2.15. The van der Waals surface area contributed by atoms with Crippen molar-refractivity contribution in [3.8, 4) is 0 Å². The zero-order valence-electron chi connectivity index (χ0n) is 4.15. The van der Waals surface area contributed by atoms with Crippen LogP contribution in [0.15, 0.2) is 10.9 Å². The number of rotatable bonds is 2. The first-order valence-corrected chi connectivity index (χ1v) is 3.68. The second-order valence-electron chi connectivity index (χ2n) is 1.22. The molecule has 0 rings (SSSR count). The van der Waals surface area contributed by atoms with Crippen molar-refractivity contribution in [2.45, 2.75) is 19.8 Å². The monoisotopic (exact) mass is 146 g/mol. The van der Waals surface area contributed by atoms with Gasteiger partial charge in [-0.1, -0.05) is 0 Å². The topological polar surface area (TPSA) is 0 Å². The third-order valence-corrected chi connectivity index (χ3v) is 1.16. The van der Waals surface area contributed by atoms with Gasteiger partial charge in [-0.2, -0.15) is 0 Å². The number of hydrogen-bond donors (Lipinski definition) is 0. The summed E-state index contributed by atoms with van der Waals surface area (Å²) in [7, 11) is 0. The first kappa shape index (κ1) is 6.30. The molecule has 0 aliphatic rings. The van der Waals surface area contributed by atoms with Crippen LogP contribution in [-0.4, -0.2) is 16.9 Å². The van der Waals surface area contributed by atoms with Gasteiger partial charge >= 0.3 is 47.6 Å². The third kappa shape index (κ3) is 4.30. The predicted octanol–water partition coefficient (Wildman–Crippen LogP) is 0.933. The molecule has 0 aromatic heterocycles. The Labute approximate surface area is 48.1 Å². The van der Waals surface area contributed by atoms with Crippen molar-refractivity contribution in [3.05, 3.63) is 10.9 Å². The molecular weight excluding hydrogens is 135 g/mol. The first-order chi connectivity index (χ1) is 2.91. The van der Waals surface area contributed by atoms with E-state index >= 15 is 0 Å². The minimum atomic E-state index is 1.25. The summed E-state index contributed by atoms with van der Waals surface area (Å²) in [6.45, 7) is 2.19. The average Bonchev–Trinajstić information content (AvgIpc) is 1.61. The Morgan fingerprint density at radius 3 is 2.50 bits per heavy atom. The molecule has 1 heteroatoms. The van der Waals surface area contributed by atoms with Gasteiger partial charge in [0.15, 0.2) is 0 Å². The summed E-state index contributed by atoms with van der Waals surface area (Å²) in [6.07, 6.45) is 4.73. The molecule has 1 atom stereocenters. The summed E-state index contributed by atoms with van der Waals surface area (Å²) >= 11 is 1.68. The Hall–Kier alpha value is 0.298. The van der Waals surface area contributed by atoms with E-state index in [4.69, 9.17) is 0 Å². The van der Waals surface area contributed by atoms with Crippen LogP contribution in [0.4, 0.5) is 0 Å². The van der Waals surface area contributed by atoms with Crippen molar-refractivity contribution < 1.29 is 0 Å². The van der Waals surface area contributed by atoms with Crippen LogP contribution in [-0.2, 0) is 0 Å². The third-order valence-electron chi connectivity index (χ3n) is 0.591. The predicted molar refractivity (Wildman–Crippen MR) is 32.6 cm³/mol. The summed E-state index contributed by atoms with van der Waals surface area (Å²) in [5.41, 5.74) is 0. The Morgan fingerprint density at radius 2 is 2.33 bits per heavy atom. The van der Waals surface area contributed by atoms with Gasteiger partial charge in [0.05, 0.1) is 0 Å². The van der Waals surface area contributed by atoms with E-state index in [0.717, 1.165) is 0 Å². The fourth-order valence-electron chi connectivity index (χ4n) is 0.263. The van der Waals surface area contributed by atoms with Crippen LogP contribution < -0.4 is 0 Å². The van der Waals surface area contributed by atoms with E-state index in [9.17, 15) is 0 Å². The Bertz CT molecular complexity index is 39.2. The van der Waals surface area contributed by atoms with Crippen LogP contribution in [0, 0.1) is 0 Å².